The quantitative estimate of drug-likeness (QED) is 0.568. The van der Waals surface area contributed by atoms with Gasteiger partial charge < -0.3 is 9.47 Å². The molecule has 2 aliphatic carbocycles. The summed E-state index contributed by atoms with van der Waals surface area (Å²) < 4.78 is 3.41. The van der Waals surface area contributed by atoms with Crippen molar-refractivity contribution in [2.45, 2.75) is 56.3 Å². The average Bonchev–Trinajstić information content (AvgIpc) is 3.54. The van der Waals surface area contributed by atoms with Crippen molar-refractivity contribution in [2.24, 2.45) is 0 Å². The molecule has 0 aliphatic heterocycles. The smallest absolute Gasteiger partial charge is 0.233 e. The first-order valence-electron chi connectivity index (χ1n) is 8.75. The minimum absolute atomic E-state index is 0.162. The molecular formula is C17H21BrN4OS2. The van der Waals surface area contributed by atoms with Gasteiger partial charge in [-0.1, -0.05) is 11.8 Å². The summed E-state index contributed by atoms with van der Waals surface area (Å²) in [5.74, 6) is 2.33. The van der Waals surface area contributed by atoms with Crippen LogP contribution in [0.25, 0.3) is 0 Å². The lowest BCUT2D eigenvalue weighted by molar-refractivity contribution is -0.128. The van der Waals surface area contributed by atoms with Crippen molar-refractivity contribution in [1.82, 2.24) is 19.7 Å². The number of hydrogen-bond donors (Lipinski definition) is 0. The Morgan fingerprint density at radius 2 is 2.16 bits per heavy atom. The Kier molecular flexibility index (Phi) is 5.20. The van der Waals surface area contributed by atoms with Crippen LogP contribution in [0.3, 0.4) is 0 Å². The molecule has 8 heteroatoms. The van der Waals surface area contributed by atoms with Gasteiger partial charge in [0.2, 0.25) is 5.91 Å². The molecule has 0 saturated heterocycles. The third-order valence-electron chi connectivity index (χ3n) is 4.58. The molecule has 134 valence electrons. The maximum atomic E-state index is 12.6. The molecule has 25 heavy (non-hydrogen) atoms. The molecule has 5 nitrogen and oxygen atoms in total. The highest BCUT2D eigenvalue weighted by atomic mass is 79.9. The summed E-state index contributed by atoms with van der Waals surface area (Å²) in [5.41, 5.74) is 0. The topological polar surface area (TPSA) is 51.0 Å². The molecule has 0 aromatic carbocycles. The number of amides is 1. The average molecular weight is 441 g/mol. The van der Waals surface area contributed by atoms with E-state index in [9.17, 15) is 4.79 Å². The van der Waals surface area contributed by atoms with E-state index in [0.29, 0.717) is 24.3 Å². The molecule has 2 aromatic heterocycles. The number of thioether (sulfide) groups is 1. The van der Waals surface area contributed by atoms with Crippen LogP contribution in [0.1, 0.15) is 55.3 Å². The second-order valence-corrected chi connectivity index (χ2v) is 10.1. The molecule has 0 N–H and O–H groups in total. The summed E-state index contributed by atoms with van der Waals surface area (Å²) in [4.78, 5) is 15.8. The van der Waals surface area contributed by atoms with Crippen molar-refractivity contribution in [2.75, 3.05) is 12.3 Å². The van der Waals surface area contributed by atoms with Gasteiger partial charge in [-0.2, -0.15) is 0 Å². The zero-order valence-electron chi connectivity index (χ0n) is 14.2. The van der Waals surface area contributed by atoms with Crippen molar-refractivity contribution in [3.63, 3.8) is 0 Å². The first-order chi connectivity index (χ1) is 12.2. The highest BCUT2D eigenvalue weighted by Gasteiger charge is 2.36. The number of carbonyl (C=O) groups is 1. The van der Waals surface area contributed by atoms with Crippen LogP contribution >= 0.6 is 39.0 Å². The van der Waals surface area contributed by atoms with Crippen LogP contribution in [0.2, 0.25) is 0 Å². The SMILES string of the molecule is CCN(Cc1ccc(Br)s1)C(=O)CSc1nnc(C2CC2)n1C1CC1. The summed E-state index contributed by atoms with van der Waals surface area (Å²) in [6.07, 6.45) is 4.89. The Morgan fingerprint density at radius 3 is 2.76 bits per heavy atom. The minimum atomic E-state index is 0.162. The van der Waals surface area contributed by atoms with Crippen LogP contribution in [0.15, 0.2) is 21.1 Å². The van der Waals surface area contributed by atoms with E-state index in [-0.39, 0.29) is 5.91 Å². The van der Waals surface area contributed by atoms with E-state index in [1.54, 1.807) is 23.1 Å². The number of carbonyl (C=O) groups excluding carboxylic acids is 1. The number of aromatic nitrogens is 3. The van der Waals surface area contributed by atoms with E-state index in [0.717, 1.165) is 21.3 Å². The number of hydrogen-bond acceptors (Lipinski definition) is 5. The van der Waals surface area contributed by atoms with Crippen LogP contribution in [0.4, 0.5) is 0 Å². The molecule has 1 amide bonds. The summed E-state index contributed by atoms with van der Waals surface area (Å²) in [6.45, 7) is 3.43. The van der Waals surface area contributed by atoms with Crippen LogP contribution in [0.5, 0.6) is 0 Å². The van der Waals surface area contributed by atoms with E-state index in [1.165, 1.54) is 30.6 Å². The molecule has 2 aliphatic rings. The summed E-state index contributed by atoms with van der Waals surface area (Å²) >= 11 is 6.70. The molecule has 2 saturated carbocycles. The molecule has 2 fully saturated rings. The predicted octanol–water partition coefficient (Wildman–Crippen LogP) is 4.46. The second-order valence-electron chi connectivity index (χ2n) is 6.62. The Morgan fingerprint density at radius 1 is 1.36 bits per heavy atom. The van der Waals surface area contributed by atoms with Gasteiger partial charge in [0.05, 0.1) is 16.1 Å². The van der Waals surface area contributed by atoms with Crippen LogP contribution in [-0.4, -0.2) is 37.9 Å². The summed E-state index contributed by atoms with van der Waals surface area (Å²) in [6, 6.07) is 4.67. The van der Waals surface area contributed by atoms with Crippen LogP contribution < -0.4 is 0 Å². The van der Waals surface area contributed by atoms with E-state index >= 15 is 0 Å². The lowest BCUT2D eigenvalue weighted by Gasteiger charge is -2.20. The molecule has 0 bridgehead atoms. The first kappa shape index (κ1) is 17.5. The van der Waals surface area contributed by atoms with E-state index in [2.05, 4.69) is 36.8 Å². The van der Waals surface area contributed by atoms with E-state index < -0.39 is 0 Å². The molecule has 2 heterocycles. The minimum Gasteiger partial charge on any atom is -0.337 e. The van der Waals surface area contributed by atoms with Crippen molar-refractivity contribution >= 4 is 44.9 Å². The van der Waals surface area contributed by atoms with E-state index in [1.807, 2.05) is 17.9 Å². The molecular weight excluding hydrogens is 420 g/mol. The van der Waals surface area contributed by atoms with Crippen LogP contribution in [-0.2, 0) is 11.3 Å². The van der Waals surface area contributed by atoms with E-state index in [4.69, 9.17) is 0 Å². The highest BCUT2D eigenvalue weighted by molar-refractivity contribution is 9.11. The first-order valence-corrected chi connectivity index (χ1v) is 11.3. The Balaban J connectivity index is 1.39. The van der Waals surface area contributed by atoms with Crippen molar-refractivity contribution in [1.29, 1.82) is 0 Å². The molecule has 0 atom stereocenters. The number of halogens is 1. The number of rotatable bonds is 8. The van der Waals surface area contributed by atoms with Crippen molar-refractivity contribution in [3.8, 4) is 0 Å². The standard InChI is InChI=1S/C17H21BrN4OS2/c1-2-21(9-13-7-8-14(18)25-13)15(23)10-24-17-20-19-16(11-3-4-11)22(17)12-5-6-12/h7-8,11-12H,2-6,9-10H2,1H3. The zero-order valence-corrected chi connectivity index (χ0v) is 17.4. The van der Waals surface area contributed by atoms with Crippen molar-refractivity contribution in [3.05, 3.63) is 26.6 Å². The predicted molar refractivity (Wildman–Crippen MR) is 104 cm³/mol. The monoisotopic (exact) mass is 440 g/mol. The van der Waals surface area contributed by atoms with Gasteiger partial charge in [0.25, 0.3) is 0 Å². The summed E-state index contributed by atoms with van der Waals surface area (Å²) in [7, 11) is 0. The largest absolute Gasteiger partial charge is 0.337 e. The molecule has 2 aromatic rings. The third kappa shape index (κ3) is 4.11. The maximum absolute atomic E-state index is 12.6. The Bertz CT molecular complexity index is 767. The lowest BCUT2D eigenvalue weighted by Crippen LogP contribution is -2.31. The van der Waals surface area contributed by atoms with Gasteiger partial charge in [-0.3, -0.25) is 4.79 Å². The van der Waals surface area contributed by atoms with Gasteiger partial charge in [-0.15, -0.1) is 21.5 Å². The fourth-order valence-electron chi connectivity index (χ4n) is 2.90. The van der Waals surface area contributed by atoms with Gasteiger partial charge in [0.15, 0.2) is 5.16 Å². The fourth-order valence-corrected chi connectivity index (χ4v) is 5.32. The maximum Gasteiger partial charge on any atom is 0.233 e. The summed E-state index contributed by atoms with van der Waals surface area (Å²) in [5, 5.41) is 9.72. The van der Waals surface area contributed by atoms with Gasteiger partial charge in [0, 0.05) is 23.4 Å². The third-order valence-corrected chi connectivity index (χ3v) is 7.12. The zero-order chi connectivity index (χ0) is 17.4. The number of nitrogens with zero attached hydrogens (tertiary/aromatic N) is 4. The van der Waals surface area contributed by atoms with Crippen LogP contribution in [0, 0.1) is 0 Å². The second kappa shape index (κ2) is 7.40. The van der Waals surface area contributed by atoms with Crippen molar-refractivity contribution < 1.29 is 4.79 Å². The molecule has 0 radical (unpaired) electrons. The lowest BCUT2D eigenvalue weighted by atomic mass is 10.4. The highest BCUT2D eigenvalue weighted by Crippen LogP contribution is 2.46. The fraction of sp³-hybridized carbons (Fsp3) is 0.588. The molecule has 0 unspecified atom stereocenters. The van der Waals surface area contributed by atoms with Gasteiger partial charge in [0.1, 0.15) is 5.82 Å². The Labute approximate surface area is 164 Å². The Hall–Kier alpha value is -0.860. The normalized spacial score (nSPS) is 17.0. The molecule has 0 spiro atoms. The van der Waals surface area contributed by atoms with Gasteiger partial charge in [-0.05, 0) is 60.7 Å². The molecule has 4 rings (SSSR count). The van der Waals surface area contributed by atoms with Gasteiger partial charge in [-0.25, -0.2) is 0 Å². The number of thiophene rings is 1. The van der Waals surface area contributed by atoms with Gasteiger partial charge >= 0.3 is 0 Å².